The fraction of sp³-hybridized carbons (Fsp3) is 0.565. The number of benzene rings is 1. The van der Waals surface area contributed by atoms with Crippen molar-refractivity contribution < 1.29 is 13.9 Å². The first-order valence-corrected chi connectivity index (χ1v) is 10.3. The van der Waals surface area contributed by atoms with Gasteiger partial charge in [-0.25, -0.2) is 9.59 Å². The van der Waals surface area contributed by atoms with Crippen LogP contribution in [0.5, 0.6) is 0 Å². The Morgan fingerprint density at radius 3 is 2.74 bits per heavy atom. The van der Waals surface area contributed by atoms with Gasteiger partial charge in [-0.3, -0.25) is 0 Å². The van der Waals surface area contributed by atoms with Crippen molar-refractivity contribution in [3.8, 4) is 0 Å². The maximum atomic E-state index is 12.5. The highest BCUT2D eigenvalue weighted by molar-refractivity contribution is 5.94. The summed E-state index contributed by atoms with van der Waals surface area (Å²) in [5.41, 5.74) is 3.92. The first-order valence-electron chi connectivity index (χ1n) is 10.3. The molecular formula is C23H30O4. The predicted molar refractivity (Wildman–Crippen MR) is 108 cm³/mol. The van der Waals surface area contributed by atoms with E-state index in [4.69, 9.17) is 9.15 Å². The van der Waals surface area contributed by atoms with Gasteiger partial charge in [0.1, 0.15) is 11.1 Å². The Hall–Kier alpha value is -2.10. The lowest BCUT2D eigenvalue weighted by molar-refractivity contribution is 0.0521. The van der Waals surface area contributed by atoms with E-state index in [1.165, 1.54) is 23.1 Å². The second-order valence-electron chi connectivity index (χ2n) is 7.78. The molecule has 4 heteroatoms. The Balaban J connectivity index is 2.25. The van der Waals surface area contributed by atoms with Crippen molar-refractivity contribution in [3.63, 3.8) is 0 Å². The molecule has 0 spiro atoms. The van der Waals surface area contributed by atoms with Gasteiger partial charge < -0.3 is 9.15 Å². The van der Waals surface area contributed by atoms with Crippen molar-refractivity contribution in [2.45, 2.75) is 72.1 Å². The number of esters is 1. The third kappa shape index (κ3) is 3.80. The van der Waals surface area contributed by atoms with Gasteiger partial charge in [-0.1, -0.05) is 27.2 Å². The summed E-state index contributed by atoms with van der Waals surface area (Å²) in [5.74, 6) is 0.434. The second-order valence-corrected chi connectivity index (χ2v) is 7.78. The van der Waals surface area contributed by atoms with Gasteiger partial charge in [-0.15, -0.1) is 0 Å². The van der Waals surface area contributed by atoms with E-state index in [2.05, 4.69) is 26.8 Å². The van der Waals surface area contributed by atoms with Crippen LogP contribution in [0.4, 0.5) is 0 Å². The molecule has 0 saturated heterocycles. The van der Waals surface area contributed by atoms with Gasteiger partial charge in [0, 0.05) is 5.39 Å². The van der Waals surface area contributed by atoms with Gasteiger partial charge in [0.25, 0.3) is 0 Å². The Labute approximate surface area is 160 Å². The molecule has 3 rings (SSSR count). The molecule has 2 atom stereocenters. The zero-order valence-electron chi connectivity index (χ0n) is 16.9. The molecule has 0 saturated carbocycles. The first kappa shape index (κ1) is 19.7. The highest BCUT2D eigenvalue weighted by atomic mass is 16.5. The van der Waals surface area contributed by atoms with Crippen LogP contribution in [0.25, 0.3) is 11.0 Å². The summed E-state index contributed by atoms with van der Waals surface area (Å²) in [7, 11) is 0. The Morgan fingerprint density at radius 1 is 1.26 bits per heavy atom. The topological polar surface area (TPSA) is 56.5 Å². The second kappa shape index (κ2) is 8.28. The average molecular weight is 370 g/mol. The molecule has 0 aliphatic heterocycles. The number of hydrogen-bond donors (Lipinski definition) is 0. The summed E-state index contributed by atoms with van der Waals surface area (Å²) in [5, 5.41) is 0.837. The largest absolute Gasteiger partial charge is 0.462 e. The molecule has 1 heterocycles. The van der Waals surface area contributed by atoms with Gasteiger partial charge in [-0.05, 0) is 79.7 Å². The van der Waals surface area contributed by atoms with Crippen LogP contribution in [0.15, 0.2) is 21.3 Å². The van der Waals surface area contributed by atoms with Gasteiger partial charge in [0.05, 0.1) is 6.61 Å². The number of carbonyl (C=O) groups is 1. The number of unbranched alkanes of at least 4 members (excludes halogenated alkanes) is 1. The van der Waals surface area contributed by atoms with Gasteiger partial charge in [-0.2, -0.15) is 0 Å². The van der Waals surface area contributed by atoms with Crippen LogP contribution in [-0.4, -0.2) is 12.6 Å². The highest BCUT2D eigenvalue weighted by Gasteiger charge is 2.27. The Morgan fingerprint density at radius 2 is 2.04 bits per heavy atom. The fourth-order valence-electron chi connectivity index (χ4n) is 4.29. The van der Waals surface area contributed by atoms with Crippen LogP contribution in [0.2, 0.25) is 0 Å². The van der Waals surface area contributed by atoms with E-state index in [1.807, 2.05) is 0 Å². The lowest BCUT2D eigenvalue weighted by Crippen LogP contribution is -2.17. The van der Waals surface area contributed by atoms with Crippen LogP contribution >= 0.6 is 0 Å². The molecule has 0 radical (unpaired) electrons. The quantitative estimate of drug-likeness (QED) is 0.402. The van der Waals surface area contributed by atoms with Crippen LogP contribution in [-0.2, 0) is 17.6 Å². The van der Waals surface area contributed by atoms with Crippen molar-refractivity contribution in [2.24, 2.45) is 5.92 Å². The maximum absolute atomic E-state index is 12.5. The number of carbonyl (C=O) groups excluding carboxylic acids is 1. The van der Waals surface area contributed by atoms with E-state index in [0.717, 1.165) is 37.5 Å². The lowest BCUT2D eigenvalue weighted by Gasteiger charge is -2.23. The normalized spacial score (nSPS) is 19.6. The number of rotatable bonds is 5. The molecule has 1 aliphatic carbocycles. The molecule has 0 bridgehead atoms. The van der Waals surface area contributed by atoms with Crippen molar-refractivity contribution in [2.75, 3.05) is 6.61 Å². The van der Waals surface area contributed by atoms with E-state index >= 15 is 0 Å². The highest BCUT2D eigenvalue weighted by Crippen LogP contribution is 2.40. The van der Waals surface area contributed by atoms with Gasteiger partial charge in [0.15, 0.2) is 0 Å². The number of fused-ring (bicyclic) bond motifs is 3. The molecule has 0 amide bonds. The minimum atomic E-state index is -0.611. The van der Waals surface area contributed by atoms with Gasteiger partial charge in [0.2, 0.25) is 0 Å². The van der Waals surface area contributed by atoms with Crippen molar-refractivity contribution in [1.82, 2.24) is 0 Å². The molecule has 0 N–H and O–H groups in total. The van der Waals surface area contributed by atoms with Crippen LogP contribution < -0.4 is 5.63 Å². The first-order chi connectivity index (χ1) is 13.0. The van der Waals surface area contributed by atoms with E-state index in [0.29, 0.717) is 17.4 Å². The van der Waals surface area contributed by atoms with E-state index < -0.39 is 11.6 Å². The zero-order chi connectivity index (χ0) is 19.6. The summed E-state index contributed by atoms with van der Waals surface area (Å²) in [6.45, 7) is 8.77. The molecule has 1 aromatic carbocycles. The molecule has 1 aliphatic rings. The molecule has 1 aromatic heterocycles. The molecule has 2 unspecified atom stereocenters. The lowest BCUT2D eigenvalue weighted by atomic mass is 9.82. The average Bonchev–Trinajstić information content (AvgIpc) is 2.79. The number of hydrogen-bond acceptors (Lipinski definition) is 4. The van der Waals surface area contributed by atoms with Crippen molar-refractivity contribution in [3.05, 3.63) is 44.8 Å². The summed E-state index contributed by atoms with van der Waals surface area (Å²) >= 11 is 0. The van der Waals surface area contributed by atoms with Crippen LogP contribution in [0.3, 0.4) is 0 Å². The molecule has 2 aromatic rings. The summed E-state index contributed by atoms with van der Waals surface area (Å²) in [4.78, 5) is 24.6. The molecule has 27 heavy (non-hydrogen) atoms. The zero-order valence-corrected chi connectivity index (χ0v) is 16.9. The Kier molecular flexibility index (Phi) is 6.03. The number of aryl methyl sites for hydroxylation is 2. The van der Waals surface area contributed by atoms with Gasteiger partial charge >= 0.3 is 11.6 Å². The third-order valence-electron chi connectivity index (χ3n) is 5.94. The summed E-state index contributed by atoms with van der Waals surface area (Å²) in [6.07, 6.45) is 6.46. The molecule has 0 fully saturated rings. The van der Waals surface area contributed by atoms with Crippen molar-refractivity contribution in [1.29, 1.82) is 0 Å². The SMILES string of the molecule is CCCCc1cc2cc(C(=O)OCC)c(=O)oc2c2c1C(C)C(C)CCC2. The summed E-state index contributed by atoms with van der Waals surface area (Å²) in [6, 6.07) is 3.79. The maximum Gasteiger partial charge on any atom is 0.351 e. The minimum Gasteiger partial charge on any atom is -0.462 e. The van der Waals surface area contributed by atoms with E-state index in [9.17, 15) is 9.59 Å². The monoisotopic (exact) mass is 370 g/mol. The minimum absolute atomic E-state index is 0.0132. The summed E-state index contributed by atoms with van der Waals surface area (Å²) < 4.78 is 10.7. The van der Waals surface area contributed by atoms with Crippen LogP contribution in [0.1, 0.15) is 86.3 Å². The molecule has 146 valence electrons. The number of ether oxygens (including phenoxy) is 1. The fourth-order valence-corrected chi connectivity index (χ4v) is 4.29. The van der Waals surface area contributed by atoms with Crippen LogP contribution in [0, 0.1) is 5.92 Å². The third-order valence-corrected chi connectivity index (χ3v) is 5.94. The molecular weight excluding hydrogens is 340 g/mol. The molecule has 4 nitrogen and oxygen atoms in total. The Bertz CT molecular complexity index is 893. The van der Waals surface area contributed by atoms with Crippen molar-refractivity contribution >= 4 is 16.9 Å². The van der Waals surface area contributed by atoms with E-state index in [-0.39, 0.29) is 12.2 Å². The smallest absolute Gasteiger partial charge is 0.351 e. The predicted octanol–water partition coefficient (Wildman–Crippen LogP) is 5.39. The standard InChI is InChI=1S/C23H30O4/c1-5-7-10-16-12-17-13-19(22(24)26-6-2)23(25)27-21(17)18-11-8-9-14(3)15(4)20(16)18/h12-15H,5-11H2,1-4H3. The van der Waals surface area contributed by atoms with E-state index in [1.54, 1.807) is 13.0 Å².